The molecule has 0 aliphatic heterocycles. The van der Waals surface area contributed by atoms with Gasteiger partial charge in [0.05, 0.1) is 4.90 Å². The van der Waals surface area contributed by atoms with Gasteiger partial charge in [0.15, 0.2) is 0 Å². The van der Waals surface area contributed by atoms with Crippen LogP contribution in [0.1, 0.15) is 29.6 Å². The summed E-state index contributed by atoms with van der Waals surface area (Å²) in [4.78, 5) is 11.2. The van der Waals surface area contributed by atoms with Crippen molar-refractivity contribution < 1.29 is 13.2 Å². The number of nitrogens with two attached hydrogens (primary N) is 2. The van der Waals surface area contributed by atoms with Crippen LogP contribution in [0, 0.1) is 5.92 Å². The van der Waals surface area contributed by atoms with Crippen LogP contribution in [-0.2, 0) is 10.0 Å². The zero-order valence-corrected chi connectivity index (χ0v) is 12.8. The fraction of sp³-hybridized carbons (Fsp3) is 0.500. The van der Waals surface area contributed by atoms with Crippen LogP contribution in [0.3, 0.4) is 0 Å². The number of amides is 1. The summed E-state index contributed by atoms with van der Waals surface area (Å²) in [5, 5.41) is 0. The van der Waals surface area contributed by atoms with Gasteiger partial charge in [0.1, 0.15) is 0 Å². The van der Waals surface area contributed by atoms with Gasteiger partial charge in [-0.3, -0.25) is 4.79 Å². The second-order valence-corrected chi connectivity index (χ2v) is 7.40. The van der Waals surface area contributed by atoms with Crippen molar-refractivity contribution in [3.05, 3.63) is 29.8 Å². The first-order valence-electron chi connectivity index (χ1n) is 6.96. The SMILES string of the molecule is CN(C1CCCC1CN)S(=O)(=O)c1ccc(C(N)=O)cc1. The second-order valence-electron chi connectivity index (χ2n) is 5.40. The van der Waals surface area contributed by atoms with E-state index in [2.05, 4.69) is 0 Å². The van der Waals surface area contributed by atoms with Gasteiger partial charge >= 0.3 is 0 Å². The molecule has 6 nitrogen and oxygen atoms in total. The highest BCUT2D eigenvalue weighted by molar-refractivity contribution is 7.89. The normalized spacial score (nSPS) is 22.6. The number of rotatable bonds is 5. The fourth-order valence-electron chi connectivity index (χ4n) is 2.91. The zero-order chi connectivity index (χ0) is 15.6. The summed E-state index contributed by atoms with van der Waals surface area (Å²) in [5.41, 5.74) is 11.2. The van der Waals surface area contributed by atoms with Gasteiger partial charge in [-0.25, -0.2) is 8.42 Å². The summed E-state index contributed by atoms with van der Waals surface area (Å²) in [6.07, 6.45) is 2.78. The smallest absolute Gasteiger partial charge is 0.248 e. The Morgan fingerprint density at radius 2 is 1.90 bits per heavy atom. The average molecular weight is 311 g/mol. The van der Waals surface area contributed by atoms with Crippen molar-refractivity contribution in [1.29, 1.82) is 0 Å². The number of hydrogen-bond acceptors (Lipinski definition) is 4. The number of sulfonamides is 1. The van der Waals surface area contributed by atoms with Crippen LogP contribution in [0.2, 0.25) is 0 Å². The third-order valence-electron chi connectivity index (χ3n) is 4.20. The van der Waals surface area contributed by atoms with Gasteiger partial charge in [0.25, 0.3) is 0 Å². The van der Waals surface area contributed by atoms with Gasteiger partial charge in [-0.05, 0) is 49.6 Å². The van der Waals surface area contributed by atoms with Gasteiger partial charge in [0, 0.05) is 18.7 Å². The van der Waals surface area contributed by atoms with Crippen LogP contribution in [-0.4, -0.2) is 38.3 Å². The van der Waals surface area contributed by atoms with E-state index in [0.29, 0.717) is 6.54 Å². The highest BCUT2D eigenvalue weighted by atomic mass is 32.2. The Balaban J connectivity index is 2.26. The summed E-state index contributed by atoms with van der Waals surface area (Å²) in [6, 6.07) is 5.63. The van der Waals surface area contributed by atoms with Crippen LogP contribution in [0.15, 0.2) is 29.2 Å². The van der Waals surface area contributed by atoms with E-state index in [1.165, 1.54) is 28.6 Å². The van der Waals surface area contributed by atoms with E-state index in [1.807, 2.05) is 0 Å². The molecule has 0 spiro atoms. The van der Waals surface area contributed by atoms with Gasteiger partial charge in [-0.1, -0.05) is 6.42 Å². The highest BCUT2D eigenvalue weighted by Crippen LogP contribution is 2.31. The fourth-order valence-corrected chi connectivity index (χ4v) is 4.35. The Bertz CT molecular complexity index is 613. The van der Waals surface area contributed by atoms with E-state index in [0.717, 1.165) is 19.3 Å². The summed E-state index contributed by atoms with van der Waals surface area (Å²) < 4.78 is 26.7. The number of carbonyl (C=O) groups excluding carboxylic acids is 1. The van der Waals surface area contributed by atoms with Crippen molar-refractivity contribution in [3.8, 4) is 0 Å². The predicted octanol–water partition coefficient (Wildman–Crippen LogP) is 0.533. The summed E-state index contributed by atoms with van der Waals surface area (Å²) in [5.74, 6) is -0.374. The van der Waals surface area contributed by atoms with Gasteiger partial charge in [-0.15, -0.1) is 0 Å². The summed E-state index contributed by atoms with van der Waals surface area (Å²) in [6.45, 7) is 0.491. The molecule has 1 aliphatic rings. The molecule has 2 atom stereocenters. The van der Waals surface area contributed by atoms with Crippen LogP contribution in [0.25, 0.3) is 0 Å². The number of hydrogen-bond donors (Lipinski definition) is 2. The number of primary amides is 1. The molecular formula is C14H21N3O3S. The van der Waals surface area contributed by atoms with E-state index in [9.17, 15) is 13.2 Å². The van der Waals surface area contributed by atoms with Crippen molar-refractivity contribution >= 4 is 15.9 Å². The van der Waals surface area contributed by atoms with Crippen LogP contribution < -0.4 is 11.5 Å². The minimum Gasteiger partial charge on any atom is -0.366 e. The first-order valence-corrected chi connectivity index (χ1v) is 8.40. The molecular weight excluding hydrogens is 290 g/mol. The quantitative estimate of drug-likeness (QED) is 0.827. The number of carbonyl (C=O) groups is 1. The molecule has 1 aromatic carbocycles. The van der Waals surface area contributed by atoms with Crippen LogP contribution in [0.5, 0.6) is 0 Å². The van der Waals surface area contributed by atoms with Crippen molar-refractivity contribution in [3.63, 3.8) is 0 Å². The van der Waals surface area contributed by atoms with Crippen LogP contribution in [0.4, 0.5) is 0 Å². The van der Waals surface area contributed by atoms with Crippen molar-refractivity contribution in [2.75, 3.05) is 13.6 Å². The lowest BCUT2D eigenvalue weighted by Crippen LogP contribution is -2.41. The minimum absolute atomic E-state index is 0.0594. The zero-order valence-electron chi connectivity index (χ0n) is 12.0. The van der Waals surface area contributed by atoms with Crippen molar-refractivity contribution in [2.45, 2.75) is 30.2 Å². The Morgan fingerprint density at radius 3 is 2.43 bits per heavy atom. The van der Waals surface area contributed by atoms with E-state index in [-0.39, 0.29) is 22.4 Å². The van der Waals surface area contributed by atoms with Gasteiger partial charge in [-0.2, -0.15) is 4.31 Å². The molecule has 0 aromatic heterocycles. The first-order chi connectivity index (χ1) is 9.87. The third-order valence-corrected chi connectivity index (χ3v) is 6.10. The van der Waals surface area contributed by atoms with Gasteiger partial charge < -0.3 is 11.5 Å². The largest absolute Gasteiger partial charge is 0.366 e. The predicted molar refractivity (Wildman–Crippen MR) is 80.1 cm³/mol. The van der Waals surface area contributed by atoms with E-state index >= 15 is 0 Å². The minimum atomic E-state index is -3.58. The van der Waals surface area contributed by atoms with E-state index in [1.54, 1.807) is 7.05 Å². The summed E-state index contributed by atoms with van der Waals surface area (Å²) in [7, 11) is -1.99. The molecule has 0 bridgehead atoms. The first kappa shape index (κ1) is 15.9. The third kappa shape index (κ3) is 3.09. The maximum absolute atomic E-state index is 12.6. The highest BCUT2D eigenvalue weighted by Gasteiger charge is 2.35. The maximum Gasteiger partial charge on any atom is 0.248 e. The van der Waals surface area contributed by atoms with Gasteiger partial charge in [0.2, 0.25) is 15.9 Å². The lowest BCUT2D eigenvalue weighted by Gasteiger charge is -2.28. The second kappa shape index (κ2) is 6.13. The Kier molecular flexibility index (Phi) is 4.65. The molecule has 1 amide bonds. The molecule has 0 radical (unpaired) electrons. The molecule has 4 N–H and O–H groups in total. The Hall–Kier alpha value is -1.44. The van der Waals surface area contributed by atoms with E-state index < -0.39 is 15.9 Å². The molecule has 21 heavy (non-hydrogen) atoms. The lowest BCUT2D eigenvalue weighted by atomic mass is 10.0. The molecule has 0 saturated heterocycles. The molecule has 1 saturated carbocycles. The molecule has 2 unspecified atom stereocenters. The maximum atomic E-state index is 12.6. The van der Waals surface area contributed by atoms with E-state index in [4.69, 9.17) is 11.5 Å². The molecule has 1 fully saturated rings. The molecule has 1 aromatic rings. The average Bonchev–Trinajstić information content (AvgIpc) is 2.94. The van der Waals surface area contributed by atoms with Crippen molar-refractivity contribution in [2.24, 2.45) is 17.4 Å². The molecule has 116 valence electrons. The molecule has 1 aliphatic carbocycles. The van der Waals surface area contributed by atoms with Crippen LogP contribution >= 0.6 is 0 Å². The lowest BCUT2D eigenvalue weighted by molar-refractivity contribution is 0.1000. The monoisotopic (exact) mass is 311 g/mol. The van der Waals surface area contributed by atoms with Crippen molar-refractivity contribution in [1.82, 2.24) is 4.31 Å². The Labute approximate surface area is 125 Å². The summed E-state index contributed by atoms with van der Waals surface area (Å²) >= 11 is 0. The number of benzene rings is 1. The molecule has 2 rings (SSSR count). The Morgan fingerprint density at radius 1 is 1.29 bits per heavy atom. The number of nitrogens with zero attached hydrogens (tertiary/aromatic N) is 1. The molecule has 7 heteroatoms. The topological polar surface area (TPSA) is 106 Å². The molecule has 0 heterocycles. The standard InChI is InChI=1S/C14H21N3O3S/c1-17(13-4-2-3-11(13)9-15)21(19,20)12-7-5-10(6-8-12)14(16)18/h5-8,11,13H,2-4,9,15H2,1H3,(H2,16,18).